The van der Waals surface area contributed by atoms with E-state index < -0.39 is 0 Å². The first-order chi connectivity index (χ1) is 12.6. The topological polar surface area (TPSA) is 73.0 Å². The highest BCUT2D eigenvalue weighted by molar-refractivity contribution is 5.96. The molecule has 0 aliphatic heterocycles. The summed E-state index contributed by atoms with van der Waals surface area (Å²) in [5.41, 5.74) is 2.32. The summed E-state index contributed by atoms with van der Waals surface area (Å²) < 4.78 is 7.29. The second-order valence-electron chi connectivity index (χ2n) is 6.31. The minimum atomic E-state index is -0.142. The van der Waals surface area contributed by atoms with Crippen molar-refractivity contribution in [2.75, 3.05) is 0 Å². The van der Waals surface area contributed by atoms with Gasteiger partial charge < -0.3 is 14.4 Å². The van der Waals surface area contributed by atoms with Crippen molar-refractivity contribution in [1.29, 1.82) is 0 Å². The molecule has 0 spiro atoms. The Morgan fingerprint density at radius 1 is 1.27 bits per heavy atom. The SMILES string of the molecule is CCc1noc(C)c1C(=O)N[C@@H](CCn1ccnc1C)c1ccccc1. The minimum absolute atomic E-state index is 0.107. The van der Waals surface area contributed by atoms with E-state index >= 15 is 0 Å². The molecule has 2 heterocycles. The fourth-order valence-corrected chi connectivity index (χ4v) is 3.10. The number of carbonyl (C=O) groups excluding carboxylic acids is 1. The standard InChI is InChI=1S/C20H24N4O2/c1-4-17-19(14(2)26-23-17)20(25)22-18(16-8-6-5-7-9-16)10-12-24-13-11-21-15(24)3/h5-9,11,13,18H,4,10,12H2,1-3H3,(H,22,25)/t18-/m0/s1. The van der Waals surface area contributed by atoms with Crippen LogP contribution in [0.15, 0.2) is 47.2 Å². The number of hydrogen-bond acceptors (Lipinski definition) is 4. The molecule has 0 aliphatic rings. The van der Waals surface area contributed by atoms with Crippen LogP contribution in [-0.4, -0.2) is 20.6 Å². The van der Waals surface area contributed by atoms with Gasteiger partial charge in [0.2, 0.25) is 0 Å². The predicted molar refractivity (Wildman–Crippen MR) is 98.8 cm³/mol. The Bertz CT molecular complexity index is 867. The Morgan fingerprint density at radius 2 is 2.04 bits per heavy atom. The molecule has 0 saturated carbocycles. The first kappa shape index (κ1) is 17.9. The number of hydrogen-bond donors (Lipinski definition) is 1. The van der Waals surface area contributed by atoms with Gasteiger partial charge in [0.25, 0.3) is 5.91 Å². The van der Waals surface area contributed by atoms with Gasteiger partial charge in [-0.05, 0) is 32.3 Å². The Kier molecular flexibility index (Phi) is 5.51. The summed E-state index contributed by atoms with van der Waals surface area (Å²) in [5, 5.41) is 7.15. The molecule has 1 atom stereocenters. The number of imidazole rings is 1. The molecule has 2 aromatic heterocycles. The van der Waals surface area contributed by atoms with E-state index in [0.717, 1.165) is 24.4 Å². The van der Waals surface area contributed by atoms with Crippen LogP contribution >= 0.6 is 0 Å². The van der Waals surface area contributed by atoms with E-state index in [0.29, 0.717) is 23.4 Å². The summed E-state index contributed by atoms with van der Waals surface area (Å²) in [6, 6.07) is 9.91. The zero-order valence-corrected chi connectivity index (χ0v) is 15.4. The molecular formula is C20H24N4O2. The van der Waals surface area contributed by atoms with Crippen molar-refractivity contribution in [2.45, 2.75) is 46.2 Å². The van der Waals surface area contributed by atoms with Crippen molar-refractivity contribution in [3.8, 4) is 0 Å². The number of benzene rings is 1. The molecule has 6 nitrogen and oxygen atoms in total. The van der Waals surface area contributed by atoms with Crippen LogP contribution in [0.3, 0.4) is 0 Å². The van der Waals surface area contributed by atoms with Crippen LogP contribution in [-0.2, 0) is 13.0 Å². The van der Waals surface area contributed by atoms with Gasteiger partial charge in [-0.25, -0.2) is 4.98 Å². The van der Waals surface area contributed by atoms with Crippen LogP contribution < -0.4 is 5.32 Å². The molecule has 0 unspecified atom stereocenters. The average molecular weight is 352 g/mol. The zero-order chi connectivity index (χ0) is 18.5. The number of aryl methyl sites for hydroxylation is 4. The van der Waals surface area contributed by atoms with Gasteiger partial charge in [-0.1, -0.05) is 42.4 Å². The number of aromatic nitrogens is 3. The summed E-state index contributed by atoms with van der Waals surface area (Å²) in [6.45, 7) is 6.48. The van der Waals surface area contributed by atoms with E-state index in [1.165, 1.54) is 0 Å². The van der Waals surface area contributed by atoms with Crippen molar-refractivity contribution in [3.05, 3.63) is 71.1 Å². The van der Waals surface area contributed by atoms with Gasteiger partial charge in [0.15, 0.2) is 0 Å². The largest absolute Gasteiger partial charge is 0.361 e. The number of nitrogens with zero attached hydrogens (tertiary/aromatic N) is 3. The summed E-state index contributed by atoms with van der Waals surface area (Å²) >= 11 is 0. The minimum Gasteiger partial charge on any atom is -0.361 e. The van der Waals surface area contributed by atoms with Gasteiger partial charge in [-0.2, -0.15) is 0 Å². The van der Waals surface area contributed by atoms with E-state index in [2.05, 4.69) is 20.0 Å². The molecule has 0 aliphatic carbocycles. The molecule has 26 heavy (non-hydrogen) atoms. The molecule has 0 radical (unpaired) electrons. The van der Waals surface area contributed by atoms with Crippen molar-refractivity contribution >= 4 is 5.91 Å². The fraction of sp³-hybridized carbons (Fsp3) is 0.350. The van der Waals surface area contributed by atoms with Gasteiger partial charge in [0.05, 0.1) is 11.7 Å². The molecule has 1 amide bonds. The van der Waals surface area contributed by atoms with Gasteiger partial charge in [0.1, 0.15) is 17.1 Å². The lowest BCUT2D eigenvalue weighted by molar-refractivity contribution is 0.0931. The van der Waals surface area contributed by atoms with Crippen LogP contribution in [0, 0.1) is 13.8 Å². The molecule has 0 fully saturated rings. The smallest absolute Gasteiger partial charge is 0.257 e. The number of nitrogens with one attached hydrogen (secondary N) is 1. The third-order valence-corrected chi connectivity index (χ3v) is 4.58. The van der Waals surface area contributed by atoms with Crippen LogP contribution in [0.1, 0.15) is 52.6 Å². The van der Waals surface area contributed by atoms with E-state index in [1.807, 2.05) is 50.4 Å². The highest BCUT2D eigenvalue weighted by atomic mass is 16.5. The number of amides is 1. The molecule has 3 rings (SSSR count). The van der Waals surface area contributed by atoms with Crippen molar-refractivity contribution in [3.63, 3.8) is 0 Å². The van der Waals surface area contributed by atoms with Crippen LogP contribution in [0.25, 0.3) is 0 Å². The van der Waals surface area contributed by atoms with E-state index in [9.17, 15) is 4.79 Å². The van der Waals surface area contributed by atoms with Crippen LogP contribution in [0.5, 0.6) is 0 Å². The monoisotopic (exact) mass is 352 g/mol. The molecule has 136 valence electrons. The fourth-order valence-electron chi connectivity index (χ4n) is 3.10. The molecule has 6 heteroatoms. The second kappa shape index (κ2) is 7.99. The van der Waals surface area contributed by atoms with Gasteiger partial charge in [-0.3, -0.25) is 4.79 Å². The lowest BCUT2D eigenvalue weighted by Gasteiger charge is -2.20. The van der Waals surface area contributed by atoms with Crippen LogP contribution in [0.2, 0.25) is 0 Å². The first-order valence-electron chi connectivity index (χ1n) is 8.88. The third kappa shape index (κ3) is 3.85. The average Bonchev–Trinajstić information content (AvgIpc) is 3.24. The summed E-state index contributed by atoms with van der Waals surface area (Å²) in [4.78, 5) is 17.1. The normalized spacial score (nSPS) is 12.1. The molecule has 0 bridgehead atoms. The highest BCUT2D eigenvalue weighted by Crippen LogP contribution is 2.21. The second-order valence-corrected chi connectivity index (χ2v) is 6.31. The lowest BCUT2D eigenvalue weighted by atomic mass is 10.0. The quantitative estimate of drug-likeness (QED) is 0.705. The maximum absolute atomic E-state index is 12.9. The van der Waals surface area contributed by atoms with E-state index in [-0.39, 0.29) is 11.9 Å². The maximum Gasteiger partial charge on any atom is 0.257 e. The van der Waals surface area contributed by atoms with Gasteiger partial charge in [0, 0.05) is 18.9 Å². The van der Waals surface area contributed by atoms with E-state index in [1.54, 1.807) is 13.1 Å². The molecular weight excluding hydrogens is 328 g/mol. The van der Waals surface area contributed by atoms with Crippen molar-refractivity contribution in [2.24, 2.45) is 0 Å². The molecule has 0 saturated heterocycles. The molecule has 3 aromatic rings. The van der Waals surface area contributed by atoms with Gasteiger partial charge >= 0.3 is 0 Å². The number of carbonyl (C=O) groups is 1. The van der Waals surface area contributed by atoms with Crippen molar-refractivity contribution < 1.29 is 9.32 Å². The zero-order valence-electron chi connectivity index (χ0n) is 15.4. The summed E-state index contributed by atoms with van der Waals surface area (Å²) in [5.74, 6) is 1.37. The predicted octanol–water partition coefficient (Wildman–Crippen LogP) is 3.61. The highest BCUT2D eigenvalue weighted by Gasteiger charge is 2.22. The summed E-state index contributed by atoms with van der Waals surface area (Å²) in [7, 11) is 0. The van der Waals surface area contributed by atoms with Crippen molar-refractivity contribution in [1.82, 2.24) is 20.0 Å². The lowest BCUT2D eigenvalue weighted by Crippen LogP contribution is -2.30. The van der Waals surface area contributed by atoms with E-state index in [4.69, 9.17) is 4.52 Å². The Hall–Kier alpha value is -2.89. The Morgan fingerprint density at radius 3 is 2.69 bits per heavy atom. The third-order valence-electron chi connectivity index (χ3n) is 4.58. The Labute approximate surface area is 153 Å². The first-order valence-corrected chi connectivity index (χ1v) is 8.88. The van der Waals surface area contributed by atoms with Crippen LogP contribution in [0.4, 0.5) is 0 Å². The number of rotatable bonds is 7. The van der Waals surface area contributed by atoms with Gasteiger partial charge in [-0.15, -0.1) is 0 Å². The molecule has 1 aromatic carbocycles. The Balaban J connectivity index is 1.80. The maximum atomic E-state index is 12.9. The summed E-state index contributed by atoms with van der Waals surface area (Å²) in [6.07, 6.45) is 5.17. The molecule has 1 N–H and O–H groups in total.